The first-order valence-electron chi connectivity index (χ1n) is 8.13. The summed E-state index contributed by atoms with van der Waals surface area (Å²) in [6.45, 7) is 0. The monoisotopic (exact) mass is 362 g/mol. The smallest absolute Gasteiger partial charge is 0.347 e. The molecule has 0 spiro atoms. The van der Waals surface area contributed by atoms with Crippen molar-refractivity contribution in [2.24, 2.45) is 0 Å². The molecule has 0 fully saturated rings. The van der Waals surface area contributed by atoms with E-state index in [4.69, 9.17) is 21.1 Å². The minimum absolute atomic E-state index is 0.380. The lowest BCUT2D eigenvalue weighted by Gasteiger charge is -2.12. The highest BCUT2D eigenvalue weighted by molar-refractivity contribution is 6.35. The number of fused-ring (bicyclic) bond motifs is 2. The van der Waals surface area contributed by atoms with Gasteiger partial charge in [0.05, 0.1) is 7.11 Å². The molecule has 4 rings (SSSR count). The fourth-order valence-corrected chi connectivity index (χ4v) is 3.25. The molecule has 0 radical (unpaired) electrons. The fraction of sp³-hybridized carbons (Fsp3) is 0.0455. The van der Waals surface area contributed by atoms with E-state index in [9.17, 15) is 4.79 Å². The van der Waals surface area contributed by atoms with E-state index in [1.54, 1.807) is 25.3 Å². The third kappa shape index (κ3) is 2.87. The van der Waals surface area contributed by atoms with Crippen molar-refractivity contribution < 1.29 is 14.3 Å². The summed E-state index contributed by atoms with van der Waals surface area (Å²) in [7, 11) is 1.54. The van der Waals surface area contributed by atoms with Gasteiger partial charge in [0.15, 0.2) is 0 Å². The molecule has 0 saturated carbocycles. The summed E-state index contributed by atoms with van der Waals surface area (Å²) in [5.41, 5.74) is 0.380. The molecule has 3 nitrogen and oxygen atoms in total. The highest BCUT2D eigenvalue weighted by Gasteiger charge is 2.17. The zero-order valence-corrected chi connectivity index (χ0v) is 14.8. The van der Waals surface area contributed by atoms with Gasteiger partial charge in [0, 0.05) is 15.8 Å². The lowest BCUT2D eigenvalue weighted by molar-refractivity contribution is 0.0734. The Kier molecular flexibility index (Phi) is 4.23. The fourth-order valence-electron chi connectivity index (χ4n) is 3.03. The first-order valence-corrected chi connectivity index (χ1v) is 8.51. The van der Waals surface area contributed by atoms with Crippen molar-refractivity contribution in [1.82, 2.24) is 0 Å². The van der Waals surface area contributed by atoms with Crippen LogP contribution in [0.25, 0.3) is 21.5 Å². The SMILES string of the molecule is COc1cc2ccccc2cc1C(=O)Oc1ccc(Cl)c2ccccc12. The number of ether oxygens (including phenoxy) is 2. The molecule has 0 aliphatic heterocycles. The van der Waals surface area contributed by atoms with E-state index in [2.05, 4.69) is 0 Å². The van der Waals surface area contributed by atoms with Crippen molar-refractivity contribution >= 4 is 39.1 Å². The van der Waals surface area contributed by atoms with Gasteiger partial charge in [-0.25, -0.2) is 4.79 Å². The summed E-state index contributed by atoms with van der Waals surface area (Å²) in [5, 5.41) is 4.18. The van der Waals surface area contributed by atoms with E-state index in [-0.39, 0.29) is 0 Å². The molecule has 26 heavy (non-hydrogen) atoms. The molecule has 0 atom stereocenters. The molecule has 0 amide bonds. The zero-order chi connectivity index (χ0) is 18.1. The van der Waals surface area contributed by atoms with E-state index >= 15 is 0 Å². The molecule has 128 valence electrons. The first-order chi connectivity index (χ1) is 12.7. The summed E-state index contributed by atoms with van der Waals surface area (Å²) >= 11 is 6.24. The third-order valence-electron chi connectivity index (χ3n) is 4.32. The Morgan fingerprint density at radius 3 is 2.19 bits per heavy atom. The summed E-state index contributed by atoms with van der Waals surface area (Å²) in [6, 6.07) is 22.4. The van der Waals surface area contributed by atoms with Crippen molar-refractivity contribution in [3.63, 3.8) is 0 Å². The summed E-state index contributed by atoms with van der Waals surface area (Å²) in [5.74, 6) is 0.470. The number of halogens is 1. The van der Waals surface area contributed by atoms with Crippen LogP contribution in [-0.2, 0) is 0 Å². The molecule has 4 aromatic rings. The average molecular weight is 363 g/mol. The molecule has 0 aliphatic rings. The van der Waals surface area contributed by atoms with Crippen molar-refractivity contribution in [2.75, 3.05) is 7.11 Å². The second kappa shape index (κ2) is 6.70. The number of carbonyl (C=O) groups is 1. The molecule has 4 heteroatoms. The third-order valence-corrected chi connectivity index (χ3v) is 4.65. The quantitative estimate of drug-likeness (QED) is 0.337. The molecule has 4 aromatic carbocycles. The standard InChI is InChI=1S/C22H15ClO3/c1-25-21-13-15-7-3-2-6-14(15)12-18(21)22(24)26-20-11-10-19(23)16-8-4-5-9-17(16)20/h2-13H,1H3. The van der Waals surface area contributed by atoms with Crippen molar-refractivity contribution in [3.8, 4) is 11.5 Å². The van der Waals surface area contributed by atoms with Crippen LogP contribution in [0.1, 0.15) is 10.4 Å². The van der Waals surface area contributed by atoms with E-state index in [0.29, 0.717) is 22.1 Å². The lowest BCUT2D eigenvalue weighted by atomic mass is 10.1. The summed E-state index contributed by atoms with van der Waals surface area (Å²) in [6.07, 6.45) is 0. The molecule has 0 aliphatic carbocycles. The van der Waals surface area contributed by atoms with Gasteiger partial charge in [-0.15, -0.1) is 0 Å². The Morgan fingerprint density at radius 2 is 1.46 bits per heavy atom. The number of esters is 1. The van der Waals surface area contributed by atoms with Crippen LogP contribution < -0.4 is 9.47 Å². The number of hydrogen-bond acceptors (Lipinski definition) is 3. The minimum Gasteiger partial charge on any atom is -0.496 e. The lowest BCUT2D eigenvalue weighted by Crippen LogP contribution is -2.10. The molecular formula is C22H15ClO3. The summed E-state index contributed by atoms with van der Waals surface area (Å²) in [4.78, 5) is 12.8. The summed E-state index contributed by atoms with van der Waals surface area (Å²) < 4.78 is 11.1. The predicted octanol–water partition coefficient (Wildman–Crippen LogP) is 5.87. The van der Waals surface area contributed by atoms with Crippen LogP contribution in [0.2, 0.25) is 5.02 Å². The highest BCUT2D eigenvalue weighted by atomic mass is 35.5. The molecule has 0 heterocycles. The Labute approximate surface area is 155 Å². The second-order valence-electron chi connectivity index (χ2n) is 5.88. The molecular weight excluding hydrogens is 348 g/mol. The van der Waals surface area contributed by atoms with Gasteiger partial charge in [-0.3, -0.25) is 0 Å². The maximum absolute atomic E-state index is 12.8. The van der Waals surface area contributed by atoms with E-state index in [1.807, 2.05) is 54.6 Å². The van der Waals surface area contributed by atoms with Crippen molar-refractivity contribution in [3.05, 3.63) is 83.4 Å². The number of benzene rings is 4. The molecule has 0 saturated heterocycles. The van der Waals surface area contributed by atoms with Crippen molar-refractivity contribution in [1.29, 1.82) is 0 Å². The van der Waals surface area contributed by atoms with Gasteiger partial charge in [-0.1, -0.05) is 60.1 Å². The number of hydrogen-bond donors (Lipinski definition) is 0. The second-order valence-corrected chi connectivity index (χ2v) is 6.29. The van der Waals surface area contributed by atoms with Crippen LogP contribution in [0.4, 0.5) is 0 Å². The Morgan fingerprint density at radius 1 is 0.808 bits per heavy atom. The van der Waals surface area contributed by atoms with Crippen LogP contribution in [0.5, 0.6) is 11.5 Å². The average Bonchev–Trinajstić information content (AvgIpc) is 2.69. The number of rotatable bonds is 3. The van der Waals surface area contributed by atoms with Crippen LogP contribution >= 0.6 is 11.6 Å². The number of carbonyl (C=O) groups excluding carboxylic acids is 1. The normalized spacial score (nSPS) is 10.8. The van der Waals surface area contributed by atoms with Gasteiger partial charge in [-0.05, 0) is 35.0 Å². The van der Waals surface area contributed by atoms with Gasteiger partial charge >= 0.3 is 5.97 Å². The van der Waals surface area contributed by atoms with Gasteiger partial charge < -0.3 is 9.47 Å². The topological polar surface area (TPSA) is 35.5 Å². The van der Waals surface area contributed by atoms with Crippen LogP contribution in [0.3, 0.4) is 0 Å². The van der Waals surface area contributed by atoms with E-state index in [1.165, 1.54) is 0 Å². The van der Waals surface area contributed by atoms with Crippen molar-refractivity contribution in [2.45, 2.75) is 0 Å². The highest BCUT2D eigenvalue weighted by Crippen LogP contribution is 2.33. The largest absolute Gasteiger partial charge is 0.496 e. The Hall–Kier alpha value is -3.04. The first kappa shape index (κ1) is 16.4. The van der Waals surface area contributed by atoms with Crippen LogP contribution in [0.15, 0.2) is 72.8 Å². The van der Waals surface area contributed by atoms with Gasteiger partial charge in [0.1, 0.15) is 17.1 Å². The Balaban J connectivity index is 1.78. The van der Waals surface area contributed by atoms with Gasteiger partial charge in [0.2, 0.25) is 0 Å². The van der Waals surface area contributed by atoms with E-state index < -0.39 is 5.97 Å². The van der Waals surface area contributed by atoms with Gasteiger partial charge in [-0.2, -0.15) is 0 Å². The van der Waals surface area contributed by atoms with Crippen LogP contribution in [0, 0.1) is 0 Å². The maximum Gasteiger partial charge on any atom is 0.347 e. The number of methoxy groups -OCH3 is 1. The molecule has 0 aromatic heterocycles. The van der Waals surface area contributed by atoms with E-state index in [0.717, 1.165) is 21.5 Å². The Bertz CT molecular complexity index is 1130. The predicted molar refractivity (Wildman–Crippen MR) is 104 cm³/mol. The molecule has 0 bridgehead atoms. The maximum atomic E-state index is 12.8. The van der Waals surface area contributed by atoms with Gasteiger partial charge in [0.25, 0.3) is 0 Å². The molecule has 0 unspecified atom stereocenters. The zero-order valence-electron chi connectivity index (χ0n) is 14.0. The molecule has 0 N–H and O–H groups in total. The van der Waals surface area contributed by atoms with Crippen LogP contribution in [-0.4, -0.2) is 13.1 Å². The minimum atomic E-state index is -0.472.